The van der Waals surface area contributed by atoms with Gasteiger partial charge >= 0.3 is 5.97 Å². The van der Waals surface area contributed by atoms with E-state index in [9.17, 15) is 9.90 Å². The van der Waals surface area contributed by atoms with Gasteiger partial charge in [0.15, 0.2) is 0 Å². The number of carbonyl (C=O) groups is 1. The third-order valence-electron chi connectivity index (χ3n) is 3.08. The van der Waals surface area contributed by atoms with E-state index in [1.54, 1.807) is 13.8 Å². The van der Waals surface area contributed by atoms with Crippen molar-refractivity contribution < 1.29 is 15.0 Å². The number of benzene rings is 1. The summed E-state index contributed by atoms with van der Waals surface area (Å²) in [5, 5.41) is 25.0. The monoisotopic (exact) mass is 274 g/mol. The number of aromatic carboxylic acids is 1. The molecule has 3 N–H and O–H groups in total. The van der Waals surface area contributed by atoms with E-state index < -0.39 is 11.6 Å². The average molecular weight is 274 g/mol. The van der Waals surface area contributed by atoms with Crippen molar-refractivity contribution in [3.63, 3.8) is 0 Å². The molecule has 106 valence electrons. The Morgan fingerprint density at radius 1 is 1.30 bits per heavy atom. The summed E-state index contributed by atoms with van der Waals surface area (Å²) >= 11 is 0. The van der Waals surface area contributed by atoms with Crippen LogP contribution >= 0.6 is 0 Å². The van der Waals surface area contributed by atoms with Crippen molar-refractivity contribution in [3.8, 4) is 11.3 Å². The van der Waals surface area contributed by atoms with E-state index in [2.05, 4.69) is 10.2 Å². The summed E-state index contributed by atoms with van der Waals surface area (Å²) in [5.74, 6) is -1.02. The van der Waals surface area contributed by atoms with Crippen molar-refractivity contribution in [1.29, 1.82) is 0 Å². The Bertz CT molecular complexity index is 594. The SMILES string of the molecule is CC(C)(O)CCc1ccc(-c2cc(C(=O)O)[nH]n2)cc1. The highest BCUT2D eigenvalue weighted by Gasteiger charge is 2.12. The standard InChI is InChI=1S/C15H18N2O3/c1-15(2,20)8-7-10-3-5-11(6-4-10)12-9-13(14(18)19)17-16-12/h3-6,9,20H,7-8H2,1-2H3,(H,16,17)(H,18,19). The van der Waals surface area contributed by atoms with Gasteiger partial charge in [-0.25, -0.2) is 4.79 Å². The molecule has 0 bridgehead atoms. The van der Waals surface area contributed by atoms with Crippen LogP contribution in [0.5, 0.6) is 0 Å². The van der Waals surface area contributed by atoms with Gasteiger partial charge in [0.1, 0.15) is 5.69 Å². The van der Waals surface area contributed by atoms with Crippen molar-refractivity contribution >= 4 is 5.97 Å². The molecule has 5 nitrogen and oxygen atoms in total. The van der Waals surface area contributed by atoms with Crippen molar-refractivity contribution in [3.05, 3.63) is 41.6 Å². The van der Waals surface area contributed by atoms with E-state index in [4.69, 9.17) is 5.11 Å². The number of aliphatic hydroxyl groups is 1. The van der Waals surface area contributed by atoms with Gasteiger partial charge in [-0.05, 0) is 38.3 Å². The first kappa shape index (κ1) is 14.3. The van der Waals surface area contributed by atoms with Gasteiger partial charge in [0.25, 0.3) is 0 Å². The first-order chi connectivity index (χ1) is 9.35. The van der Waals surface area contributed by atoms with E-state index in [0.29, 0.717) is 12.1 Å². The number of rotatable bonds is 5. The Morgan fingerprint density at radius 2 is 1.95 bits per heavy atom. The fraction of sp³-hybridized carbons (Fsp3) is 0.333. The van der Waals surface area contributed by atoms with E-state index in [1.807, 2.05) is 24.3 Å². The molecule has 0 spiro atoms. The fourth-order valence-electron chi connectivity index (χ4n) is 1.87. The highest BCUT2D eigenvalue weighted by atomic mass is 16.4. The molecule has 0 unspecified atom stereocenters. The maximum absolute atomic E-state index is 10.8. The molecule has 1 aromatic carbocycles. The third-order valence-corrected chi connectivity index (χ3v) is 3.08. The summed E-state index contributed by atoms with van der Waals surface area (Å²) in [4.78, 5) is 10.8. The number of carboxylic acid groups (broad SMARTS) is 1. The topological polar surface area (TPSA) is 86.2 Å². The van der Waals surface area contributed by atoms with Gasteiger partial charge in [0, 0.05) is 5.56 Å². The van der Waals surface area contributed by atoms with Crippen LogP contribution in [0.4, 0.5) is 0 Å². The zero-order chi connectivity index (χ0) is 14.8. The number of nitrogens with zero attached hydrogens (tertiary/aromatic N) is 1. The first-order valence-electron chi connectivity index (χ1n) is 6.45. The van der Waals surface area contributed by atoms with Crippen LogP contribution in [-0.4, -0.2) is 32.0 Å². The first-order valence-corrected chi connectivity index (χ1v) is 6.45. The van der Waals surface area contributed by atoms with Gasteiger partial charge in [-0.1, -0.05) is 24.3 Å². The van der Waals surface area contributed by atoms with Crippen LogP contribution in [0, 0.1) is 0 Å². The second-order valence-corrected chi connectivity index (χ2v) is 5.48. The van der Waals surface area contributed by atoms with Crippen LogP contribution in [0.25, 0.3) is 11.3 Å². The van der Waals surface area contributed by atoms with Crippen LogP contribution in [0.1, 0.15) is 36.3 Å². The lowest BCUT2D eigenvalue weighted by atomic mass is 9.98. The van der Waals surface area contributed by atoms with Gasteiger partial charge in [-0.3, -0.25) is 5.10 Å². The normalized spacial score (nSPS) is 11.6. The molecular weight excluding hydrogens is 256 g/mol. The molecule has 20 heavy (non-hydrogen) atoms. The molecule has 0 aliphatic carbocycles. The van der Waals surface area contributed by atoms with Crippen LogP contribution in [0.2, 0.25) is 0 Å². The molecule has 0 atom stereocenters. The number of hydrogen-bond acceptors (Lipinski definition) is 3. The molecule has 0 amide bonds. The number of aromatic amines is 1. The molecular formula is C15H18N2O3. The Labute approximate surface area is 117 Å². The molecule has 0 fully saturated rings. The molecule has 0 aliphatic heterocycles. The maximum Gasteiger partial charge on any atom is 0.353 e. The second-order valence-electron chi connectivity index (χ2n) is 5.48. The largest absolute Gasteiger partial charge is 0.477 e. The Hall–Kier alpha value is -2.14. The second kappa shape index (κ2) is 5.46. The van der Waals surface area contributed by atoms with Crippen molar-refractivity contribution in [2.45, 2.75) is 32.3 Å². The number of hydrogen-bond donors (Lipinski definition) is 3. The summed E-state index contributed by atoms with van der Waals surface area (Å²) in [6.45, 7) is 3.58. The fourth-order valence-corrected chi connectivity index (χ4v) is 1.87. The van der Waals surface area contributed by atoms with Crippen molar-refractivity contribution in [2.75, 3.05) is 0 Å². The van der Waals surface area contributed by atoms with Crippen molar-refractivity contribution in [2.24, 2.45) is 0 Å². The zero-order valence-electron chi connectivity index (χ0n) is 11.6. The molecule has 5 heteroatoms. The van der Waals surface area contributed by atoms with E-state index in [0.717, 1.165) is 17.5 Å². The number of nitrogens with one attached hydrogen (secondary N) is 1. The van der Waals surface area contributed by atoms with Crippen LogP contribution in [0.3, 0.4) is 0 Å². The lowest BCUT2D eigenvalue weighted by molar-refractivity contribution is 0.0688. The number of carboxylic acids is 1. The van der Waals surface area contributed by atoms with Gasteiger partial charge in [0.2, 0.25) is 0 Å². The van der Waals surface area contributed by atoms with E-state index in [-0.39, 0.29) is 5.69 Å². The summed E-state index contributed by atoms with van der Waals surface area (Å²) in [7, 11) is 0. The summed E-state index contributed by atoms with van der Waals surface area (Å²) in [6.07, 6.45) is 1.49. The molecule has 2 rings (SSSR count). The number of aromatic nitrogens is 2. The molecule has 0 saturated heterocycles. The lowest BCUT2D eigenvalue weighted by Crippen LogP contribution is -2.19. The van der Waals surface area contributed by atoms with Gasteiger partial charge in [0.05, 0.1) is 11.3 Å². The van der Waals surface area contributed by atoms with E-state index in [1.165, 1.54) is 6.07 Å². The van der Waals surface area contributed by atoms with Gasteiger partial charge in [-0.2, -0.15) is 5.10 Å². The Morgan fingerprint density at radius 3 is 2.45 bits per heavy atom. The highest BCUT2D eigenvalue weighted by molar-refractivity contribution is 5.86. The summed E-state index contributed by atoms with van der Waals surface area (Å²) in [5.41, 5.74) is 2.00. The molecule has 1 aromatic heterocycles. The molecule has 0 aliphatic rings. The average Bonchev–Trinajstić information content (AvgIpc) is 2.86. The highest BCUT2D eigenvalue weighted by Crippen LogP contribution is 2.20. The quantitative estimate of drug-likeness (QED) is 0.781. The van der Waals surface area contributed by atoms with Gasteiger partial charge < -0.3 is 10.2 Å². The minimum atomic E-state index is -1.02. The Balaban J connectivity index is 2.09. The third kappa shape index (κ3) is 3.68. The lowest BCUT2D eigenvalue weighted by Gasteiger charge is -2.16. The summed E-state index contributed by atoms with van der Waals surface area (Å²) in [6, 6.07) is 9.25. The molecule has 0 radical (unpaired) electrons. The molecule has 0 saturated carbocycles. The molecule has 1 heterocycles. The minimum Gasteiger partial charge on any atom is -0.477 e. The Kier molecular flexibility index (Phi) is 3.90. The smallest absolute Gasteiger partial charge is 0.353 e. The van der Waals surface area contributed by atoms with Gasteiger partial charge in [-0.15, -0.1) is 0 Å². The maximum atomic E-state index is 10.8. The van der Waals surface area contributed by atoms with Crippen LogP contribution in [0.15, 0.2) is 30.3 Å². The minimum absolute atomic E-state index is 0.0751. The number of aryl methyl sites for hydroxylation is 1. The molecule has 2 aromatic rings. The number of H-pyrrole nitrogens is 1. The predicted octanol–water partition coefficient (Wildman–Crippen LogP) is 2.48. The van der Waals surface area contributed by atoms with Crippen LogP contribution in [-0.2, 0) is 6.42 Å². The summed E-state index contributed by atoms with van der Waals surface area (Å²) < 4.78 is 0. The van der Waals surface area contributed by atoms with Crippen LogP contribution < -0.4 is 0 Å². The predicted molar refractivity (Wildman–Crippen MR) is 75.6 cm³/mol. The van der Waals surface area contributed by atoms with Crippen molar-refractivity contribution in [1.82, 2.24) is 10.2 Å². The zero-order valence-corrected chi connectivity index (χ0v) is 11.6. The van der Waals surface area contributed by atoms with E-state index >= 15 is 0 Å².